The molecule has 0 aliphatic heterocycles. The highest BCUT2D eigenvalue weighted by molar-refractivity contribution is 5.61. The minimum Gasteiger partial charge on any atom is -0.451 e. The number of rotatable bonds is 6. The smallest absolute Gasteiger partial charge is 0.205 e. The summed E-state index contributed by atoms with van der Waals surface area (Å²) in [4.78, 5) is 0. The van der Waals surface area contributed by atoms with Crippen LogP contribution in [-0.4, -0.2) is 0 Å². The normalized spacial score (nSPS) is 11.2. The van der Waals surface area contributed by atoms with Crippen LogP contribution in [0.1, 0.15) is 50.4 Å². The third kappa shape index (κ3) is 4.72. The van der Waals surface area contributed by atoms with Crippen molar-refractivity contribution in [3.63, 3.8) is 0 Å². The summed E-state index contributed by atoms with van der Waals surface area (Å²) >= 11 is 0. The Labute approximate surface area is 219 Å². The molecule has 4 aromatic rings. The molecule has 4 aromatic carbocycles. The minimum atomic E-state index is -1.64. The van der Waals surface area contributed by atoms with E-state index < -0.39 is 34.6 Å². The van der Waals surface area contributed by atoms with E-state index in [0.29, 0.717) is 17.5 Å². The second kappa shape index (κ2) is 10.2. The van der Waals surface area contributed by atoms with Crippen LogP contribution >= 0.6 is 0 Å². The third-order valence-electron chi connectivity index (χ3n) is 6.79. The van der Waals surface area contributed by atoms with E-state index in [-0.39, 0.29) is 11.7 Å². The summed E-state index contributed by atoms with van der Waals surface area (Å²) in [6.45, 7) is 11.0. The van der Waals surface area contributed by atoms with E-state index in [2.05, 4.69) is 6.58 Å². The highest BCUT2D eigenvalue weighted by atomic mass is 19.2. The van der Waals surface area contributed by atoms with Gasteiger partial charge in [-0.05, 0) is 78.8 Å². The van der Waals surface area contributed by atoms with Gasteiger partial charge in [0.15, 0.2) is 11.6 Å². The van der Waals surface area contributed by atoms with Crippen molar-refractivity contribution >= 4 is 17.5 Å². The van der Waals surface area contributed by atoms with Crippen LogP contribution in [0, 0.1) is 51.0 Å². The standard InChI is InChI=1S/C31H28F4N2O/c1-6-23-25(32)27(34)31(28(35)26(23)33)38-22-9-7-19(8-10-22)24(20-11-15(2)29(36)16(3)12-20)21-13-17(4)30(37)18(5)14-21/h6-14,24H,1,36-37H2,2-5H3. The van der Waals surface area contributed by atoms with Crippen LogP contribution in [0.25, 0.3) is 6.08 Å². The van der Waals surface area contributed by atoms with E-state index in [1.165, 1.54) is 12.1 Å². The number of hydrogen-bond donors (Lipinski definition) is 2. The average molecular weight is 521 g/mol. The SMILES string of the molecule is C=Cc1c(F)c(F)c(Oc2ccc(C(c3cc(C)c(N)c(C)c3)c3cc(C)c(N)c(C)c3)cc2)c(F)c1F. The monoisotopic (exact) mass is 520 g/mol. The number of aryl methyl sites for hydroxylation is 4. The fourth-order valence-electron chi connectivity index (χ4n) is 4.67. The van der Waals surface area contributed by atoms with Crippen LogP contribution < -0.4 is 16.2 Å². The molecule has 0 aliphatic rings. The van der Waals surface area contributed by atoms with Gasteiger partial charge in [-0.25, -0.2) is 8.78 Å². The number of hydrogen-bond acceptors (Lipinski definition) is 3. The van der Waals surface area contributed by atoms with Crippen molar-refractivity contribution in [1.29, 1.82) is 0 Å². The van der Waals surface area contributed by atoms with Gasteiger partial charge in [0, 0.05) is 17.3 Å². The Bertz CT molecular complexity index is 1430. The molecule has 7 heteroatoms. The van der Waals surface area contributed by atoms with Crippen molar-refractivity contribution in [2.24, 2.45) is 0 Å². The van der Waals surface area contributed by atoms with Crippen LogP contribution in [0.15, 0.2) is 55.1 Å². The van der Waals surface area contributed by atoms with Gasteiger partial charge in [-0.15, -0.1) is 0 Å². The van der Waals surface area contributed by atoms with Crippen molar-refractivity contribution < 1.29 is 22.3 Å². The molecule has 0 saturated carbocycles. The predicted molar refractivity (Wildman–Crippen MR) is 144 cm³/mol. The first kappa shape index (κ1) is 26.8. The molecule has 0 aliphatic carbocycles. The zero-order chi connectivity index (χ0) is 27.9. The molecule has 0 radical (unpaired) electrons. The summed E-state index contributed by atoms with van der Waals surface area (Å²) in [5.41, 5.74) is 19.5. The minimum absolute atomic E-state index is 0.00443. The average Bonchev–Trinajstić information content (AvgIpc) is 2.88. The maximum absolute atomic E-state index is 14.5. The molecule has 0 spiro atoms. The Balaban J connectivity index is 1.80. The largest absolute Gasteiger partial charge is 0.451 e. The first-order valence-corrected chi connectivity index (χ1v) is 11.9. The number of nitrogen functional groups attached to an aromatic ring is 2. The number of halogens is 4. The summed E-state index contributed by atoms with van der Waals surface area (Å²) in [5, 5.41) is 0. The van der Waals surface area contributed by atoms with Crippen molar-refractivity contribution in [2.45, 2.75) is 33.6 Å². The van der Waals surface area contributed by atoms with E-state index in [0.717, 1.165) is 38.9 Å². The lowest BCUT2D eigenvalue weighted by Gasteiger charge is -2.23. The zero-order valence-corrected chi connectivity index (χ0v) is 21.6. The van der Waals surface area contributed by atoms with Gasteiger partial charge < -0.3 is 16.2 Å². The summed E-state index contributed by atoms with van der Waals surface area (Å²) in [6, 6.07) is 14.6. The molecule has 38 heavy (non-hydrogen) atoms. The molecule has 0 aromatic heterocycles. The Morgan fingerprint density at radius 2 is 1.05 bits per heavy atom. The molecule has 0 bridgehead atoms. The van der Waals surface area contributed by atoms with Crippen molar-refractivity contribution in [3.8, 4) is 11.5 Å². The van der Waals surface area contributed by atoms with Crippen LogP contribution in [0.5, 0.6) is 11.5 Å². The van der Waals surface area contributed by atoms with Crippen molar-refractivity contribution in [3.05, 3.63) is 123 Å². The van der Waals surface area contributed by atoms with E-state index in [9.17, 15) is 17.6 Å². The number of ether oxygens (including phenoxy) is 1. The van der Waals surface area contributed by atoms with Crippen LogP contribution in [-0.2, 0) is 0 Å². The first-order valence-electron chi connectivity index (χ1n) is 11.9. The molecule has 0 unspecified atom stereocenters. The van der Waals surface area contributed by atoms with Gasteiger partial charge in [-0.3, -0.25) is 0 Å². The van der Waals surface area contributed by atoms with Crippen LogP contribution in [0.4, 0.5) is 28.9 Å². The maximum atomic E-state index is 14.5. The molecular weight excluding hydrogens is 492 g/mol. The van der Waals surface area contributed by atoms with Gasteiger partial charge in [-0.2, -0.15) is 8.78 Å². The summed E-state index contributed by atoms with van der Waals surface area (Å²) in [7, 11) is 0. The van der Waals surface area contributed by atoms with Gasteiger partial charge in [-0.1, -0.05) is 49.1 Å². The number of benzene rings is 4. The fraction of sp³-hybridized carbons (Fsp3) is 0.161. The molecule has 4 rings (SSSR count). The quantitative estimate of drug-likeness (QED) is 0.116. The second-order valence-corrected chi connectivity index (χ2v) is 9.44. The van der Waals surface area contributed by atoms with Gasteiger partial charge in [0.2, 0.25) is 17.4 Å². The van der Waals surface area contributed by atoms with E-state index >= 15 is 0 Å². The highest BCUT2D eigenvalue weighted by Crippen LogP contribution is 2.39. The Hall–Kier alpha value is -4.26. The molecule has 4 N–H and O–H groups in total. The molecule has 3 nitrogen and oxygen atoms in total. The molecule has 0 amide bonds. The van der Waals surface area contributed by atoms with E-state index in [1.807, 2.05) is 52.0 Å². The third-order valence-corrected chi connectivity index (χ3v) is 6.79. The molecule has 0 heterocycles. The fourth-order valence-corrected chi connectivity index (χ4v) is 4.67. The van der Waals surface area contributed by atoms with Gasteiger partial charge in [0.25, 0.3) is 0 Å². The number of anilines is 2. The Morgan fingerprint density at radius 3 is 1.42 bits per heavy atom. The van der Waals surface area contributed by atoms with Gasteiger partial charge in [0.05, 0.1) is 5.56 Å². The molecule has 0 atom stereocenters. The van der Waals surface area contributed by atoms with Crippen molar-refractivity contribution in [1.82, 2.24) is 0 Å². The molecule has 0 saturated heterocycles. The van der Waals surface area contributed by atoms with E-state index in [1.54, 1.807) is 12.1 Å². The summed E-state index contributed by atoms with van der Waals surface area (Å²) in [6.07, 6.45) is 0.705. The summed E-state index contributed by atoms with van der Waals surface area (Å²) < 4.78 is 62.6. The first-order chi connectivity index (χ1) is 17.9. The van der Waals surface area contributed by atoms with Crippen LogP contribution in [0.2, 0.25) is 0 Å². The molecule has 0 fully saturated rings. The lowest BCUT2D eigenvalue weighted by atomic mass is 9.82. The maximum Gasteiger partial charge on any atom is 0.205 e. The topological polar surface area (TPSA) is 61.3 Å². The van der Waals surface area contributed by atoms with Gasteiger partial charge in [0.1, 0.15) is 5.75 Å². The second-order valence-electron chi connectivity index (χ2n) is 9.44. The summed E-state index contributed by atoms with van der Waals surface area (Å²) in [5.74, 6) is -7.81. The zero-order valence-electron chi connectivity index (χ0n) is 21.6. The lowest BCUT2D eigenvalue weighted by Crippen LogP contribution is -2.08. The van der Waals surface area contributed by atoms with E-state index in [4.69, 9.17) is 16.2 Å². The van der Waals surface area contributed by atoms with Gasteiger partial charge >= 0.3 is 0 Å². The predicted octanol–water partition coefficient (Wildman–Crippen LogP) is 8.26. The highest BCUT2D eigenvalue weighted by Gasteiger charge is 2.26. The molecule has 196 valence electrons. The lowest BCUT2D eigenvalue weighted by molar-refractivity contribution is 0.365. The van der Waals surface area contributed by atoms with Crippen molar-refractivity contribution in [2.75, 3.05) is 11.5 Å². The molecular formula is C31H28F4N2O. The Kier molecular flexibility index (Phi) is 7.22. The Morgan fingerprint density at radius 1 is 0.658 bits per heavy atom. The number of nitrogens with two attached hydrogens (primary N) is 2. The van der Waals surface area contributed by atoms with Crippen LogP contribution in [0.3, 0.4) is 0 Å².